The van der Waals surface area contributed by atoms with E-state index in [0.29, 0.717) is 6.07 Å². The lowest BCUT2D eigenvalue weighted by Crippen LogP contribution is -2.31. The molecule has 1 atom stereocenters. The average Bonchev–Trinajstić information content (AvgIpc) is 2.52. The smallest absolute Gasteiger partial charge is 0.338 e. The van der Waals surface area contributed by atoms with E-state index in [1.807, 2.05) is 31.2 Å². The highest BCUT2D eigenvalue weighted by Crippen LogP contribution is 2.13. The van der Waals surface area contributed by atoms with Gasteiger partial charge in [0.15, 0.2) is 6.61 Å². The Bertz CT molecular complexity index is 724. The molecule has 126 valence electrons. The Balaban J connectivity index is 1.88. The van der Waals surface area contributed by atoms with Crippen LogP contribution in [0.15, 0.2) is 42.5 Å². The predicted molar refractivity (Wildman–Crippen MR) is 84.4 cm³/mol. The molecule has 2 rings (SSSR count). The Hall–Kier alpha value is -2.76. The highest BCUT2D eigenvalue weighted by atomic mass is 19.1. The van der Waals surface area contributed by atoms with Crippen LogP contribution in [0.4, 0.5) is 8.78 Å². The largest absolute Gasteiger partial charge is 0.452 e. The van der Waals surface area contributed by atoms with Gasteiger partial charge in [-0.1, -0.05) is 29.8 Å². The fourth-order valence-corrected chi connectivity index (χ4v) is 2.11. The average molecular weight is 333 g/mol. The number of rotatable bonds is 5. The van der Waals surface area contributed by atoms with Gasteiger partial charge < -0.3 is 10.1 Å². The Kier molecular flexibility index (Phi) is 5.63. The number of carbonyl (C=O) groups is 2. The third-order valence-electron chi connectivity index (χ3n) is 3.39. The number of halogens is 2. The summed E-state index contributed by atoms with van der Waals surface area (Å²) in [7, 11) is 0. The molecule has 0 aliphatic carbocycles. The molecule has 0 aliphatic heterocycles. The second-order valence-electron chi connectivity index (χ2n) is 5.43. The van der Waals surface area contributed by atoms with E-state index < -0.39 is 30.1 Å². The maximum atomic E-state index is 13.0. The van der Waals surface area contributed by atoms with Gasteiger partial charge in [-0.25, -0.2) is 13.6 Å². The fourth-order valence-electron chi connectivity index (χ4n) is 2.11. The maximum absolute atomic E-state index is 13.0. The van der Waals surface area contributed by atoms with Crippen LogP contribution in [0.25, 0.3) is 0 Å². The minimum absolute atomic E-state index is 0.261. The Morgan fingerprint density at radius 2 is 1.67 bits per heavy atom. The molecule has 24 heavy (non-hydrogen) atoms. The SMILES string of the molecule is Cc1ccc(C(C)NC(=O)COC(=O)c2cc(F)cc(F)c2)cc1. The normalized spacial score (nSPS) is 11.7. The van der Waals surface area contributed by atoms with Crippen LogP contribution in [0.1, 0.15) is 34.5 Å². The second-order valence-corrected chi connectivity index (χ2v) is 5.43. The summed E-state index contributed by atoms with van der Waals surface area (Å²) in [6.45, 7) is 3.22. The Morgan fingerprint density at radius 3 is 2.25 bits per heavy atom. The molecular formula is C18H17F2NO3. The van der Waals surface area contributed by atoms with Gasteiger partial charge in [-0.3, -0.25) is 4.79 Å². The molecule has 6 heteroatoms. The summed E-state index contributed by atoms with van der Waals surface area (Å²) in [5.74, 6) is -3.25. The minimum Gasteiger partial charge on any atom is -0.452 e. The van der Waals surface area contributed by atoms with Crippen molar-refractivity contribution in [2.75, 3.05) is 6.61 Å². The van der Waals surface area contributed by atoms with Gasteiger partial charge in [0.2, 0.25) is 0 Å². The fraction of sp³-hybridized carbons (Fsp3) is 0.222. The molecule has 0 saturated carbocycles. The lowest BCUT2D eigenvalue weighted by molar-refractivity contribution is -0.124. The molecule has 4 nitrogen and oxygen atoms in total. The molecule has 2 aromatic rings. The second kappa shape index (κ2) is 7.68. The van der Waals surface area contributed by atoms with Crippen molar-refractivity contribution in [1.82, 2.24) is 5.32 Å². The molecule has 1 unspecified atom stereocenters. The summed E-state index contributed by atoms with van der Waals surface area (Å²) < 4.78 is 30.9. The number of hydrogen-bond donors (Lipinski definition) is 1. The van der Waals surface area contributed by atoms with E-state index >= 15 is 0 Å². The van der Waals surface area contributed by atoms with Crippen molar-refractivity contribution in [3.05, 3.63) is 70.8 Å². The summed E-state index contributed by atoms with van der Waals surface area (Å²) >= 11 is 0. The van der Waals surface area contributed by atoms with Crippen molar-refractivity contribution in [3.63, 3.8) is 0 Å². The molecule has 0 aliphatic rings. The van der Waals surface area contributed by atoms with Crippen LogP contribution in [0.3, 0.4) is 0 Å². The topological polar surface area (TPSA) is 55.4 Å². The van der Waals surface area contributed by atoms with Crippen molar-refractivity contribution in [2.45, 2.75) is 19.9 Å². The van der Waals surface area contributed by atoms with Gasteiger partial charge in [0.05, 0.1) is 11.6 Å². The Labute approximate surface area is 138 Å². The van der Waals surface area contributed by atoms with Crippen molar-refractivity contribution >= 4 is 11.9 Å². The van der Waals surface area contributed by atoms with Crippen molar-refractivity contribution in [1.29, 1.82) is 0 Å². The molecule has 1 amide bonds. The molecule has 0 heterocycles. The summed E-state index contributed by atoms with van der Waals surface area (Å²) in [5.41, 5.74) is 1.73. The van der Waals surface area contributed by atoms with Crippen LogP contribution in [-0.2, 0) is 9.53 Å². The molecule has 0 bridgehead atoms. The van der Waals surface area contributed by atoms with Gasteiger partial charge in [0, 0.05) is 6.07 Å². The van der Waals surface area contributed by atoms with Crippen molar-refractivity contribution < 1.29 is 23.1 Å². The molecule has 0 saturated heterocycles. The zero-order chi connectivity index (χ0) is 17.7. The predicted octanol–water partition coefficient (Wildman–Crippen LogP) is 3.31. The van der Waals surface area contributed by atoms with E-state index in [-0.39, 0.29) is 11.6 Å². The lowest BCUT2D eigenvalue weighted by Gasteiger charge is -2.14. The van der Waals surface area contributed by atoms with Gasteiger partial charge in [-0.15, -0.1) is 0 Å². The van der Waals surface area contributed by atoms with Crippen molar-refractivity contribution in [3.8, 4) is 0 Å². The molecule has 0 fully saturated rings. The third-order valence-corrected chi connectivity index (χ3v) is 3.39. The van der Waals surface area contributed by atoms with Crippen LogP contribution in [-0.4, -0.2) is 18.5 Å². The van der Waals surface area contributed by atoms with Crippen LogP contribution in [0.2, 0.25) is 0 Å². The van der Waals surface area contributed by atoms with Crippen LogP contribution < -0.4 is 5.32 Å². The van der Waals surface area contributed by atoms with E-state index in [1.165, 1.54) is 0 Å². The maximum Gasteiger partial charge on any atom is 0.338 e. The van der Waals surface area contributed by atoms with Crippen LogP contribution in [0.5, 0.6) is 0 Å². The first-order valence-electron chi connectivity index (χ1n) is 7.34. The summed E-state index contributed by atoms with van der Waals surface area (Å²) in [6.07, 6.45) is 0. The highest BCUT2D eigenvalue weighted by molar-refractivity contribution is 5.91. The monoisotopic (exact) mass is 333 g/mol. The standard InChI is InChI=1S/C18H17F2NO3/c1-11-3-5-13(6-4-11)12(2)21-17(22)10-24-18(23)14-7-15(19)9-16(20)8-14/h3-9,12H,10H2,1-2H3,(H,21,22). The van der Waals surface area contributed by atoms with Gasteiger partial charge in [-0.2, -0.15) is 0 Å². The van der Waals surface area contributed by atoms with Crippen LogP contribution >= 0.6 is 0 Å². The zero-order valence-electron chi connectivity index (χ0n) is 13.3. The Morgan fingerprint density at radius 1 is 1.08 bits per heavy atom. The number of benzene rings is 2. The number of esters is 1. The molecule has 0 aromatic heterocycles. The van der Waals surface area contributed by atoms with Gasteiger partial charge in [-0.05, 0) is 31.5 Å². The number of nitrogens with one attached hydrogen (secondary N) is 1. The molecule has 0 spiro atoms. The molecule has 1 N–H and O–H groups in total. The number of hydrogen-bond acceptors (Lipinski definition) is 3. The number of aryl methyl sites for hydroxylation is 1. The molecule has 2 aromatic carbocycles. The van der Waals surface area contributed by atoms with Gasteiger partial charge in [0.1, 0.15) is 11.6 Å². The first-order valence-corrected chi connectivity index (χ1v) is 7.34. The first kappa shape index (κ1) is 17.6. The van der Waals surface area contributed by atoms with Gasteiger partial charge >= 0.3 is 5.97 Å². The van der Waals surface area contributed by atoms with Crippen LogP contribution in [0, 0.1) is 18.6 Å². The van der Waals surface area contributed by atoms with Crippen molar-refractivity contribution in [2.24, 2.45) is 0 Å². The summed E-state index contributed by atoms with van der Waals surface area (Å²) in [6, 6.07) is 9.71. The van der Waals surface area contributed by atoms with E-state index in [1.54, 1.807) is 6.92 Å². The first-order chi connectivity index (χ1) is 11.3. The molecular weight excluding hydrogens is 316 g/mol. The number of ether oxygens (including phenoxy) is 1. The lowest BCUT2D eigenvalue weighted by atomic mass is 10.1. The van der Waals surface area contributed by atoms with E-state index in [2.05, 4.69) is 5.32 Å². The minimum atomic E-state index is -0.966. The zero-order valence-corrected chi connectivity index (χ0v) is 13.3. The number of carbonyl (C=O) groups excluding carboxylic acids is 2. The summed E-state index contributed by atoms with van der Waals surface area (Å²) in [4.78, 5) is 23.5. The van der Waals surface area contributed by atoms with E-state index in [4.69, 9.17) is 4.74 Å². The highest BCUT2D eigenvalue weighted by Gasteiger charge is 2.14. The van der Waals surface area contributed by atoms with E-state index in [0.717, 1.165) is 23.3 Å². The number of amides is 1. The molecule has 0 radical (unpaired) electrons. The quantitative estimate of drug-likeness (QED) is 0.854. The van der Waals surface area contributed by atoms with E-state index in [9.17, 15) is 18.4 Å². The third kappa shape index (κ3) is 4.87. The van der Waals surface area contributed by atoms with Gasteiger partial charge in [0.25, 0.3) is 5.91 Å². The summed E-state index contributed by atoms with van der Waals surface area (Å²) in [5, 5.41) is 2.68.